The summed E-state index contributed by atoms with van der Waals surface area (Å²) in [6, 6.07) is 4.06. The summed E-state index contributed by atoms with van der Waals surface area (Å²) in [6.45, 7) is 7.12. The van der Waals surface area contributed by atoms with Crippen molar-refractivity contribution in [2.45, 2.75) is 19.8 Å². The summed E-state index contributed by atoms with van der Waals surface area (Å²) in [5.41, 5.74) is 1.19. The lowest BCUT2D eigenvalue weighted by molar-refractivity contribution is 0.298. The number of hydrogen-bond acceptors (Lipinski definition) is 4. The molecule has 0 atom stereocenters. The highest BCUT2D eigenvalue weighted by atomic mass is 16.5. The van der Waals surface area contributed by atoms with E-state index in [0.717, 1.165) is 51.5 Å². The van der Waals surface area contributed by atoms with Gasteiger partial charge in [-0.2, -0.15) is 0 Å². The van der Waals surface area contributed by atoms with Crippen LogP contribution in [0.15, 0.2) is 18.3 Å². The van der Waals surface area contributed by atoms with E-state index in [4.69, 9.17) is 4.74 Å². The molecule has 0 saturated carbocycles. The lowest BCUT2D eigenvalue weighted by Gasteiger charge is -2.29. The summed E-state index contributed by atoms with van der Waals surface area (Å²) in [6.07, 6.45) is 4.15. The van der Waals surface area contributed by atoms with E-state index < -0.39 is 0 Å². The molecule has 4 nitrogen and oxygen atoms in total. The molecule has 1 aliphatic heterocycles. The normalized spacial score (nSPS) is 15.9. The Labute approximate surface area is 103 Å². The Kier molecular flexibility index (Phi) is 4.62. The molecule has 1 N–H and O–H groups in total. The van der Waals surface area contributed by atoms with Crippen molar-refractivity contribution in [1.82, 2.24) is 10.3 Å². The number of nitrogens with one attached hydrogen (secondary N) is 1. The first-order valence-corrected chi connectivity index (χ1v) is 6.44. The van der Waals surface area contributed by atoms with Gasteiger partial charge in [0, 0.05) is 32.2 Å². The van der Waals surface area contributed by atoms with Gasteiger partial charge in [0.2, 0.25) is 5.88 Å². The second-order valence-corrected chi connectivity index (χ2v) is 4.29. The van der Waals surface area contributed by atoms with Crippen molar-refractivity contribution in [2.75, 3.05) is 37.7 Å². The number of nitrogens with zero attached hydrogens (tertiary/aromatic N) is 2. The molecule has 2 rings (SSSR count). The topological polar surface area (TPSA) is 37.4 Å². The third-order valence-electron chi connectivity index (χ3n) is 2.95. The molecule has 1 fully saturated rings. The Hall–Kier alpha value is -1.29. The first-order chi connectivity index (χ1) is 8.40. The van der Waals surface area contributed by atoms with E-state index >= 15 is 0 Å². The Bertz CT molecular complexity index is 320. The zero-order valence-electron chi connectivity index (χ0n) is 10.5. The van der Waals surface area contributed by atoms with Crippen LogP contribution in [0, 0.1) is 0 Å². The molecule has 17 heavy (non-hydrogen) atoms. The highest BCUT2D eigenvalue weighted by Gasteiger charge is 2.10. The summed E-state index contributed by atoms with van der Waals surface area (Å²) in [5, 5.41) is 3.34. The molecular weight excluding hydrogens is 214 g/mol. The van der Waals surface area contributed by atoms with Crippen molar-refractivity contribution in [1.29, 1.82) is 0 Å². The van der Waals surface area contributed by atoms with Crippen LogP contribution in [-0.4, -0.2) is 37.8 Å². The van der Waals surface area contributed by atoms with E-state index in [-0.39, 0.29) is 0 Å². The molecule has 1 aromatic heterocycles. The van der Waals surface area contributed by atoms with E-state index in [9.17, 15) is 0 Å². The van der Waals surface area contributed by atoms with Gasteiger partial charge < -0.3 is 15.0 Å². The van der Waals surface area contributed by atoms with Crippen molar-refractivity contribution >= 4 is 5.69 Å². The Morgan fingerprint density at radius 2 is 2.18 bits per heavy atom. The van der Waals surface area contributed by atoms with Crippen molar-refractivity contribution in [3.05, 3.63) is 18.3 Å². The van der Waals surface area contributed by atoms with Gasteiger partial charge in [-0.1, -0.05) is 13.3 Å². The summed E-state index contributed by atoms with van der Waals surface area (Å²) < 4.78 is 5.55. The number of aromatic nitrogens is 1. The fourth-order valence-electron chi connectivity index (χ4n) is 1.89. The van der Waals surface area contributed by atoms with Crippen LogP contribution in [0.2, 0.25) is 0 Å². The fraction of sp³-hybridized carbons (Fsp3) is 0.615. The maximum absolute atomic E-state index is 5.55. The predicted molar refractivity (Wildman–Crippen MR) is 69.7 cm³/mol. The highest BCUT2D eigenvalue weighted by Crippen LogP contribution is 2.16. The summed E-state index contributed by atoms with van der Waals surface area (Å²) in [7, 11) is 0. The van der Waals surface area contributed by atoms with Crippen LogP contribution >= 0.6 is 0 Å². The molecule has 0 aliphatic carbocycles. The quantitative estimate of drug-likeness (QED) is 0.788. The van der Waals surface area contributed by atoms with Crippen molar-refractivity contribution in [3.8, 4) is 5.88 Å². The Morgan fingerprint density at radius 1 is 1.35 bits per heavy atom. The maximum Gasteiger partial charge on any atom is 0.213 e. The number of ether oxygens (including phenoxy) is 1. The van der Waals surface area contributed by atoms with Gasteiger partial charge in [0.15, 0.2) is 0 Å². The van der Waals surface area contributed by atoms with Crippen molar-refractivity contribution in [3.63, 3.8) is 0 Å². The number of rotatable bonds is 5. The second kappa shape index (κ2) is 6.45. The van der Waals surface area contributed by atoms with E-state index in [1.54, 1.807) is 0 Å². The lowest BCUT2D eigenvalue weighted by Crippen LogP contribution is -2.43. The number of piperazine rings is 1. The first kappa shape index (κ1) is 12.2. The molecule has 0 aromatic carbocycles. The van der Waals surface area contributed by atoms with E-state index in [0.29, 0.717) is 0 Å². The van der Waals surface area contributed by atoms with Gasteiger partial charge in [-0.05, 0) is 12.5 Å². The summed E-state index contributed by atoms with van der Waals surface area (Å²) in [5.74, 6) is 0.734. The Balaban J connectivity index is 1.88. The monoisotopic (exact) mass is 235 g/mol. The molecule has 0 radical (unpaired) electrons. The van der Waals surface area contributed by atoms with Gasteiger partial charge in [-0.3, -0.25) is 0 Å². The molecule has 0 spiro atoms. The first-order valence-electron chi connectivity index (χ1n) is 6.44. The van der Waals surface area contributed by atoms with Crippen molar-refractivity contribution in [2.24, 2.45) is 0 Å². The van der Waals surface area contributed by atoms with Crippen molar-refractivity contribution < 1.29 is 4.74 Å². The Morgan fingerprint density at radius 3 is 2.82 bits per heavy atom. The smallest absolute Gasteiger partial charge is 0.213 e. The van der Waals surface area contributed by atoms with Crippen LogP contribution in [0.5, 0.6) is 5.88 Å². The molecule has 1 aromatic rings. The van der Waals surface area contributed by atoms with Gasteiger partial charge in [0.1, 0.15) is 0 Å². The van der Waals surface area contributed by atoms with Crippen LogP contribution in [0.3, 0.4) is 0 Å². The molecule has 2 heterocycles. The van der Waals surface area contributed by atoms with Crippen LogP contribution in [0.4, 0.5) is 5.69 Å². The van der Waals surface area contributed by atoms with E-state index in [1.807, 2.05) is 12.3 Å². The molecule has 1 aliphatic rings. The molecule has 1 saturated heterocycles. The maximum atomic E-state index is 5.55. The van der Waals surface area contributed by atoms with Gasteiger partial charge in [-0.15, -0.1) is 0 Å². The summed E-state index contributed by atoms with van der Waals surface area (Å²) in [4.78, 5) is 6.69. The van der Waals surface area contributed by atoms with Crippen LogP contribution < -0.4 is 15.0 Å². The number of anilines is 1. The molecule has 4 heteroatoms. The second-order valence-electron chi connectivity index (χ2n) is 4.29. The molecule has 0 unspecified atom stereocenters. The van der Waals surface area contributed by atoms with Gasteiger partial charge >= 0.3 is 0 Å². The van der Waals surface area contributed by atoms with Crippen LogP contribution in [0.1, 0.15) is 19.8 Å². The van der Waals surface area contributed by atoms with E-state index in [2.05, 4.69) is 28.2 Å². The predicted octanol–water partition coefficient (Wildman–Crippen LogP) is 1.67. The molecule has 94 valence electrons. The average Bonchev–Trinajstić information content (AvgIpc) is 2.41. The van der Waals surface area contributed by atoms with Gasteiger partial charge in [0.05, 0.1) is 18.5 Å². The van der Waals surface area contributed by atoms with Gasteiger partial charge in [-0.25, -0.2) is 4.98 Å². The number of pyridine rings is 1. The molecular formula is C13H21N3O. The molecule has 0 bridgehead atoms. The molecule has 0 amide bonds. The minimum Gasteiger partial charge on any atom is -0.478 e. The zero-order chi connectivity index (χ0) is 11.9. The minimum atomic E-state index is 0.734. The largest absolute Gasteiger partial charge is 0.478 e. The third-order valence-corrected chi connectivity index (χ3v) is 2.95. The average molecular weight is 235 g/mol. The fourth-order valence-corrected chi connectivity index (χ4v) is 1.89. The SMILES string of the molecule is CCCCOc1ccc(N2CCNCC2)cn1. The minimum absolute atomic E-state index is 0.734. The third kappa shape index (κ3) is 3.60. The number of unbranched alkanes of at least 4 members (excludes halogenated alkanes) is 1. The summed E-state index contributed by atoms with van der Waals surface area (Å²) >= 11 is 0. The zero-order valence-corrected chi connectivity index (χ0v) is 10.5. The number of hydrogen-bond donors (Lipinski definition) is 1. The van der Waals surface area contributed by atoms with Crippen LogP contribution in [-0.2, 0) is 0 Å². The van der Waals surface area contributed by atoms with Gasteiger partial charge in [0.25, 0.3) is 0 Å². The lowest BCUT2D eigenvalue weighted by atomic mass is 10.3. The standard InChI is InChI=1S/C13H21N3O/c1-2-3-10-17-13-5-4-12(11-15-13)16-8-6-14-7-9-16/h4-5,11,14H,2-3,6-10H2,1H3. The highest BCUT2D eigenvalue weighted by molar-refractivity contribution is 5.45. The van der Waals surface area contributed by atoms with E-state index in [1.165, 1.54) is 5.69 Å². The van der Waals surface area contributed by atoms with Crippen LogP contribution in [0.25, 0.3) is 0 Å².